The van der Waals surface area contributed by atoms with Crippen molar-refractivity contribution in [2.24, 2.45) is 0 Å². The maximum atomic E-state index is 12.9. The molecule has 3 aromatic rings. The molecule has 0 atom stereocenters. The van der Waals surface area contributed by atoms with Gasteiger partial charge in [-0.2, -0.15) is 0 Å². The van der Waals surface area contributed by atoms with Crippen molar-refractivity contribution < 1.29 is 19.1 Å². The van der Waals surface area contributed by atoms with Gasteiger partial charge in [-0.15, -0.1) is 0 Å². The summed E-state index contributed by atoms with van der Waals surface area (Å²) in [7, 11) is 1.57. The van der Waals surface area contributed by atoms with Crippen LogP contribution in [0, 0.1) is 0 Å². The molecule has 1 heterocycles. The second-order valence-electron chi connectivity index (χ2n) is 7.18. The third kappa shape index (κ3) is 5.69. The van der Waals surface area contributed by atoms with Crippen molar-refractivity contribution in [3.63, 3.8) is 0 Å². The van der Waals surface area contributed by atoms with Crippen molar-refractivity contribution >= 4 is 60.8 Å². The first kappa shape index (κ1) is 23.6. The van der Waals surface area contributed by atoms with Gasteiger partial charge in [0.15, 0.2) is 11.5 Å². The first-order valence-electron chi connectivity index (χ1n) is 9.98. The first-order valence-corrected chi connectivity index (χ1v) is 12.4. The fraction of sp³-hybridized carbons (Fsp3) is 0.120. The van der Waals surface area contributed by atoms with Crippen molar-refractivity contribution in [3.8, 4) is 11.5 Å². The lowest BCUT2D eigenvalue weighted by atomic mass is 10.1. The summed E-state index contributed by atoms with van der Waals surface area (Å²) in [6.45, 7) is 0.618. The summed E-state index contributed by atoms with van der Waals surface area (Å²) >= 11 is 7.82. The van der Waals surface area contributed by atoms with Gasteiger partial charge in [0.2, 0.25) is 0 Å². The Hall–Kier alpha value is -2.55. The Morgan fingerprint density at radius 3 is 2.45 bits per heavy atom. The van der Waals surface area contributed by atoms with Gasteiger partial charge in [0, 0.05) is 8.95 Å². The Morgan fingerprint density at radius 2 is 1.73 bits per heavy atom. The highest BCUT2D eigenvalue weighted by molar-refractivity contribution is 9.10. The normalized spacial score (nSPS) is 14.8. The van der Waals surface area contributed by atoms with E-state index in [1.807, 2.05) is 54.6 Å². The number of benzene rings is 3. The third-order valence-electron chi connectivity index (χ3n) is 4.95. The zero-order chi connectivity index (χ0) is 23.4. The Morgan fingerprint density at radius 1 is 0.970 bits per heavy atom. The van der Waals surface area contributed by atoms with Gasteiger partial charge in [-0.25, -0.2) is 0 Å². The SMILES string of the molecule is COc1cc(/C=C2\SC(=O)N(Cc3ccccc3Br)C2=O)ccc1OCc1ccc(Br)cc1. The van der Waals surface area contributed by atoms with Gasteiger partial charge < -0.3 is 9.47 Å². The molecule has 0 aromatic heterocycles. The molecule has 1 aliphatic rings. The van der Waals surface area contributed by atoms with Gasteiger partial charge in [-0.05, 0) is 64.9 Å². The van der Waals surface area contributed by atoms with E-state index in [4.69, 9.17) is 9.47 Å². The smallest absolute Gasteiger partial charge is 0.293 e. The van der Waals surface area contributed by atoms with Crippen molar-refractivity contribution in [2.45, 2.75) is 13.2 Å². The summed E-state index contributed by atoms with van der Waals surface area (Å²) in [5, 5.41) is -0.289. The lowest BCUT2D eigenvalue weighted by Gasteiger charge is -2.13. The van der Waals surface area contributed by atoms with Crippen LogP contribution in [0.3, 0.4) is 0 Å². The zero-order valence-electron chi connectivity index (χ0n) is 17.6. The van der Waals surface area contributed by atoms with Crippen LogP contribution in [0.2, 0.25) is 0 Å². The molecule has 1 saturated heterocycles. The molecule has 0 spiro atoms. The molecule has 0 saturated carbocycles. The van der Waals surface area contributed by atoms with Gasteiger partial charge >= 0.3 is 0 Å². The summed E-state index contributed by atoms with van der Waals surface area (Å²) in [6, 6.07) is 20.8. The zero-order valence-corrected chi connectivity index (χ0v) is 21.6. The molecular weight excluding hydrogens is 570 g/mol. The average molecular weight is 589 g/mol. The van der Waals surface area contributed by atoms with E-state index in [1.165, 1.54) is 4.90 Å². The molecule has 0 aliphatic carbocycles. The molecule has 0 radical (unpaired) electrons. The van der Waals surface area contributed by atoms with E-state index in [2.05, 4.69) is 31.9 Å². The molecule has 2 amide bonds. The fourth-order valence-corrected chi connectivity index (χ4v) is 4.73. The van der Waals surface area contributed by atoms with Crippen LogP contribution in [0.5, 0.6) is 11.5 Å². The van der Waals surface area contributed by atoms with Crippen LogP contribution in [0.1, 0.15) is 16.7 Å². The summed E-state index contributed by atoms with van der Waals surface area (Å²) in [4.78, 5) is 27.0. The highest BCUT2D eigenvalue weighted by Crippen LogP contribution is 2.36. The van der Waals surface area contributed by atoms with Gasteiger partial charge in [-0.1, -0.05) is 68.3 Å². The molecule has 0 bridgehead atoms. The van der Waals surface area contributed by atoms with E-state index in [9.17, 15) is 9.59 Å². The number of rotatable bonds is 7. The number of hydrogen-bond donors (Lipinski definition) is 0. The summed E-state index contributed by atoms with van der Waals surface area (Å²) in [6.07, 6.45) is 1.70. The molecule has 5 nitrogen and oxygen atoms in total. The van der Waals surface area contributed by atoms with Crippen molar-refractivity contribution in [1.29, 1.82) is 0 Å². The minimum atomic E-state index is -0.310. The van der Waals surface area contributed by atoms with E-state index < -0.39 is 0 Å². The number of methoxy groups -OCH3 is 1. The Labute approximate surface area is 213 Å². The van der Waals surface area contributed by atoms with Crippen LogP contribution in [-0.4, -0.2) is 23.2 Å². The number of ether oxygens (including phenoxy) is 2. The minimum absolute atomic E-state index is 0.218. The number of carbonyl (C=O) groups excluding carboxylic acids is 2. The van der Waals surface area contributed by atoms with Crippen molar-refractivity contribution in [3.05, 3.63) is 97.3 Å². The van der Waals surface area contributed by atoms with Crippen LogP contribution in [0.4, 0.5) is 4.79 Å². The van der Waals surface area contributed by atoms with Crippen LogP contribution >= 0.6 is 43.6 Å². The molecule has 0 N–H and O–H groups in total. The summed E-state index contributed by atoms with van der Waals surface area (Å²) < 4.78 is 13.3. The molecule has 1 fully saturated rings. The molecule has 4 rings (SSSR count). The van der Waals surface area contributed by atoms with E-state index in [-0.39, 0.29) is 17.7 Å². The maximum Gasteiger partial charge on any atom is 0.293 e. The molecule has 3 aromatic carbocycles. The van der Waals surface area contributed by atoms with Gasteiger partial charge in [0.05, 0.1) is 18.6 Å². The highest BCUT2D eigenvalue weighted by atomic mass is 79.9. The molecule has 8 heteroatoms. The van der Waals surface area contributed by atoms with Crippen LogP contribution < -0.4 is 9.47 Å². The van der Waals surface area contributed by atoms with E-state index >= 15 is 0 Å². The van der Waals surface area contributed by atoms with Gasteiger partial charge in [0.1, 0.15) is 6.61 Å². The molecule has 1 aliphatic heterocycles. The molecule has 0 unspecified atom stereocenters. The van der Waals surface area contributed by atoms with E-state index in [1.54, 1.807) is 25.3 Å². The Bertz CT molecular complexity index is 1230. The monoisotopic (exact) mass is 587 g/mol. The number of amides is 2. The highest BCUT2D eigenvalue weighted by Gasteiger charge is 2.35. The molecule has 33 heavy (non-hydrogen) atoms. The molecular formula is C25H19Br2NO4S. The van der Waals surface area contributed by atoms with Gasteiger partial charge in [0.25, 0.3) is 11.1 Å². The second-order valence-corrected chi connectivity index (χ2v) is 9.95. The predicted octanol–water partition coefficient (Wildman–Crippen LogP) is 7.04. The minimum Gasteiger partial charge on any atom is -0.493 e. The number of nitrogens with zero attached hydrogens (tertiary/aromatic N) is 1. The average Bonchev–Trinajstić information content (AvgIpc) is 3.07. The standard InChI is InChI=1S/C25H19Br2NO4S/c1-31-22-12-17(8-11-21(22)32-15-16-6-9-19(26)10-7-16)13-23-24(29)28(25(30)33-23)14-18-4-2-3-5-20(18)27/h2-13H,14-15H2,1H3/b23-13-. The summed E-state index contributed by atoms with van der Waals surface area (Å²) in [5.41, 5.74) is 2.65. The molecule has 168 valence electrons. The van der Waals surface area contributed by atoms with E-state index in [0.717, 1.165) is 37.4 Å². The largest absolute Gasteiger partial charge is 0.493 e. The third-order valence-corrected chi connectivity index (χ3v) is 7.16. The lowest BCUT2D eigenvalue weighted by Crippen LogP contribution is -2.27. The first-order chi connectivity index (χ1) is 15.9. The lowest BCUT2D eigenvalue weighted by molar-refractivity contribution is -0.123. The quantitative estimate of drug-likeness (QED) is 0.277. The number of thioether (sulfide) groups is 1. The van der Waals surface area contributed by atoms with Crippen molar-refractivity contribution in [1.82, 2.24) is 4.90 Å². The van der Waals surface area contributed by atoms with Crippen LogP contribution in [-0.2, 0) is 17.9 Å². The van der Waals surface area contributed by atoms with Crippen LogP contribution in [0.25, 0.3) is 6.08 Å². The Kier molecular flexibility index (Phi) is 7.57. The number of imide groups is 1. The van der Waals surface area contributed by atoms with Gasteiger partial charge in [-0.3, -0.25) is 14.5 Å². The number of halogens is 2. The predicted molar refractivity (Wildman–Crippen MR) is 137 cm³/mol. The number of hydrogen-bond acceptors (Lipinski definition) is 5. The van der Waals surface area contributed by atoms with Crippen molar-refractivity contribution in [2.75, 3.05) is 7.11 Å². The Balaban J connectivity index is 1.49. The summed E-state index contributed by atoms with van der Waals surface area (Å²) in [5.74, 6) is 0.836. The topological polar surface area (TPSA) is 55.8 Å². The fourth-order valence-electron chi connectivity index (χ4n) is 3.22. The van der Waals surface area contributed by atoms with E-state index in [0.29, 0.717) is 23.0 Å². The maximum absolute atomic E-state index is 12.9. The second kappa shape index (κ2) is 10.6. The number of carbonyl (C=O) groups is 2. The van der Waals surface area contributed by atoms with Crippen LogP contribution in [0.15, 0.2) is 80.6 Å².